The van der Waals surface area contributed by atoms with Crippen molar-refractivity contribution in [1.82, 2.24) is 0 Å². The highest BCUT2D eigenvalue weighted by molar-refractivity contribution is 6.00. The molecule has 2 aromatic rings. The molecule has 3 N–H and O–H groups in total. The van der Waals surface area contributed by atoms with Gasteiger partial charge in [-0.1, -0.05) is 12.1 Å². The van der Waals surface area contributed by atoms with Crippen molar-refractivity contribution in [3.8, 4) is 0 Å². The molecular formula is C16H18N2O2. The quantitative estimate of drug-likeness (QED) is 0.646. The summed E-state index contributed by atoms with van der Waals surface area (Å²) in [6.07, 6.45) is 0. The predicted octanol–water partition coefficient (Wildman–Crippen LogP) is 3.36. The number of hydrogen-bond donors (Lipinski definition) is 2. The van der Waals surface area contributed by atoms with Gasteiger partial charge in [0, 0.05) is 29.7 Å². The Morgan fingerprint density at radius 3 is 2.65 bits per heavy atom. The van der Waals surface area contributed by atoms with Crippen LogP contribution in [0.4, 0.5) is 17.1 Å². The van der Waals surface area contributed by atoms with Gasteiger partial charge < -0.3 is 15.8 Å². The normalized spacial score (nSPS) is 10.3. The van der Waals surface area contributed by atoms with Gasteiger partial charge in [-0.3, -0.25) is 4.79 Å². The summed E-state index contributed by atoms with van der Waals surface area (Å²) in [5.74, 6) is -0.0423. The molecule has 0 amide bonds. The van der Waals surface area contributed by atoms with Crippen LogP contribution in [0.25, 0.3) is 0 Å². The molecule has 4 nitrogen and oxygen atoms in total. The minimum Gasteiger partial charge on any atom is -0.398 e. The monoisotopic (exact) mass is 270 g/mol. The first-order chi connectivity index (χ1) is 9.60. The van der Waals surface area contributed by atoms with Crippen molar-refractivity contribution in [2.45, 2.75) is 13.5 Å². The highest BCUT2D eigenvalue weighted by Gasteiger charge is 2.06. The molecule has 2 aromatic carbocycles. The van der Waals surface area contributed by atoms with Gasteiger partial charge in [0.1, 0.15) is 0 Å². The second kappa shape index (κ2) is 6.21. The van der Waals surface area contributed by atoms with E-state index in [0.717, 1.165) is 16.9 Å². The first kappa shape index (κ1) is 14.1. The van der Waals surface area contributed by atoms with E-state index in [1.54, 1.807) is 19.2 Å². The van der Waals surface area contributed by atoms with E-state index < -0.39 is 0 Å². The van der Waals surface area contributed by atoms with Crippen LogP contribution in [0, 0.1) is 0 Å². The molecule has 0 bridgehead atoms. The molecule has 0 heterocycles. The summed E-state index contributed by atoms with van der Waals surface area (Å²) in [4.78, 5) is 11.5. The average molecular weight is 270 g/mol. The van der Waals surface area contributed by atoms with Crippen LogP contribution in [0.2, 0.25) is 0 Å². The number of benzene rings is 2. The zero-order valence-electron chi connectivity index (χ0n) is 11.6. The van der Waals surface area contributed by atoms with Crippen LogP contribution in [0.1, 0.15) is 22.8 Å². The van der Waals surface area contributed by atoms with Crippen molar-refractivity contribution in [2.24, 2.45) is 0 Å². The lowest BCUT2D eigenvalue weighted by molar-refractivity contribution is 0.101. The Morgan fingerprint density at radius 1 is 1.20 bits per heavy atom. The molecule has 0 fully saturated rings. The Kier molecular flexibility index (Phi) is 4.38. The molecule has 0 radical (unpaired) electrons. The summed E-state index contributed by atoms with van der Waals surface area (Å²) in [6, 6.07) is 13.3. The number of nitrogens with two attached hydrogens (primary N) is 1. The maximum absolute atomic E-state index is 11.5. The summed E-state index contributed by atoms with van der Waals surface area (Å²) in [6.45, 7) is 2.07. The zero-order chi connectivity index (χ0) is 14.5. The molecule has 0 aliphatic rings. The van der Waals surface area contributed by atoms with Crippen LogP contribution in [-0.2, 0) is 11.3 Å². The molecule has 2 rings (SSSR count). The summed E-state index contributed by atoms with van der Waals surface area (Å²) >= 11 is 0. The fourth-order valence-electron chi connectivity index (χ4n) is 2.01. The van der Waals surface area contributed by atoms with Gasteiger partial charge in [0.2, 0.25) is 0 Å². The molecule has 0 unspecified atom stereocenters. The molecule has 0 aliphatic carbocycles. The Labute approximate surface area is 118 Å². The number of carbonyl (C=O) groups is 1. The van der Waals surface area contributed by atoms with Crippen LogP contribution in [0.5, 0.6) is 0 Å². The minimum absolute atomic E-state index is 0.0423. The number of hydrogen-bond acceptors (Lipinski definition) is 4. The summed E-state index contributed by atoms with van der Waals surface area (Å²) in [5.41, 5.74) is 9.67. The largest absolute Gasteiger partial charge is 0.398 e. The molecule has 0 aromatic heterocycles. The van der Waals surface area contributed by atoms with E-state index in [-0.39, 0.29) is 5.78 Å². The minimum atomic E-state index is -0.0423. The van der Waals surface area contributed by atoms with Gasteiger partial charge in [-0.05, 0) is 42.8 Å². The number of anilines is 3. The number of nitrogen functional groups attached to an aromatic ring is 1. The maximum atomic E-state index is 11.5. The molecule has 0 saturated carbocycles. The van der Waals surface area contributed by atoms with Crippen molar-refractivity contribution in [3.63, 3.8) is 0 Å². The molecule has 20 heavy (non-hydrogen) atoms. The SMILES string of the molecule is COCc1cccc(Nc2ccc(N)c(C(C)=O)c2)c1. The van der Waals surface area contributed by atoms with Crippen LogP contribution in [0.3, 0.4) is 0 Å². The number of rotatable bonds is 5. The Balaban J connectivity index is 2.23. The van der Waals surface area contributed by atoms with E-state index >= 15 is 0 Å². The predicted molar refractivity (Wildman–Crippen MR) is 81.3 cm³/mol. The topological polar surface area (TPSA) is 64.3 Å². The van der Waals surface area contributed by atoms with Gasteiger partial charge in [-0.25, -0.2) is 0 Å². The standard InChI is InChI=1S/C16H18N2O2/c1-11(19)15-9-14(6-7-16(15)17)18-13-5-3-4-12(8-13)10-20-2/h3-9,18H,10,17H2,1-2H3. The van der Waals surface area contributed by atoms with E-state index in [1.165, 1.54) is 6.92 Å². The maximum Gasteiger partial charge on any atom is 0.161 e. The van der Waals surface area contributed by atoms with E-state index in [2.05, 4.69) is 5.32 Å². The first-order valence-corrected chi connectivity index (χ1v) is 6.35. The second-order valence-corrected chi connectivity index (χ2v) is 4.62. The van der Waals surface area contributed by atoms with Crippen LogP contribution in [-0.4, -0.2) is 12.9 Å². The van der Waals surface area contributed by atoms with Crippen molar-refractivity contribution in [2.75, 3.05) is 18.2 Å². The van der Waals surface area contributed by atoms with Gasteiger partial charge in [-0.15, -0.1) is 0 Å². The Morgan fingerprint density at radius 2 is 1.95 bits per heavy atom. The fourth-order valence-corrected chi connectivity index (χ4v) is 2.01. The molecule has 0 spiro atoms. The van der Waals surface area contributed by atoms with Gasteiger partial charge in [0.15, 0.2) is 5.78 Å². The van der Waals surface area contributed by atoms with Crippen LogP contribution < -0.4 is 11.1 Å². The smallest absolute Gasteiger partial charge is 0.161 e. The third-order valence-electron chi connectivity index (χ3n) is 2.96. The lowest BCUT2D eigenvalue weighted by Crippen LogP contribution is -2.01. The summed E-state index contributed by atoms with van der Waals surface area (Å²) < 4.78 is 5.11. The van der Waals surface area contributed by atoms with Crippen molar-refractivity contribution >= 4 is 22.8 Å². The highest BCUT2D eigenvalue weighted by Crippen LogP contribution is 2.22. The van der Waals surface area contributed by atoms with E-state index in [9.17, 15) is 4.79 Å². The zero-order valence-corrected chi connectivity index (χ0v) is 11.6. The Bertz CT molecular complexity index is 624. The molecule has 4 heteroatoms. The van der Waals surface area contributed by atoms with Gasteiger partial charge in [0.05, 0.1) is 6.61 Å². The molecule has 104 valence electrons. The number of methoxy groups -OCH3 is 1. The van der Waals surface area contributed by atoms with E-state index in [1.807, 2.05) is 30.3 Å². The number of Topliss-reactive ketones (excluding diaryl/α,β-unsaturated/α-hetero) is 1. The lowest BCUT2D eigenvalue weighted by atomic mass is 10.1. The number of ether oxygens (including phenoxy) is 1. The van der Waals surface area contributed by atoms with E-state index in [4.69, 9.17) is 10.5 Å². The van der Waals surface area contributed by atoms with Crippen molar-refractivity contribution in [3.05, 3.63) is 53.6 Å². The molecule has 0 saturated heterocycles. The number of nitrogens with one attached hydrogen (secondary N) is 1. The fraction of sp³-hybridized carbons (Fsp3) is 0.188. The molecule has 0 aliphatic heterocycles. The van der Waals surface area contributed by atoms with Gasteiger partial charge in [0.25, 0.3) is 0 Å². The molecular weight excluding hydrogens is 252 g/mol. The van der Waals surface area contributed by atoms with E-state index in [0.29, 0.717) is 17.9 Å². The van der Waals surface area contributed by atoms with Gasteiger partial charge >= 0.3 is 0 Å². The Hall–Kier alpha value is -2.33. The summed E-state index contributed by atoms with van der Waals surface area (Å²) in [5, 5.41) is 3.26. The second-order valence-electron chi connectivity index (χ2n) is 4.62. The first-order valence-electron chi connectivity index (χ1n) is 6.35. The van der Waals surface area contributed by atoms with Gasteiger partial charge in [-0.2, -0.15) is 0 Å². The number of ketones is 1. The molecule has 0 atom stereocenters. The van der Waals surface area contributed by atoms with Crippen LogP contribution >= 0.6 is 0 Å². The number of carbonyl (C=O) groups excluding carboxylic acids is 1. The highest BCUT2D eigenvalue weighted by atomic mass is 16.5. The van der Waals surface area contributed by atoms with Crippen LogP contribution in [0.15, 0.2) is 42.5 Å². The third-order valence-corrected chi connectivity index (χ3v) is 2.96. The lowest BCUT2D eigenvalue weighted by Gasteiger charge is -2.10. The third kappa shape index (κ3) is 3.36. The van der Waals surface area contributed by atoms with Crippen molar-refractivity contribution in [1.29, 1.82) is 0 Å². The average Bonchev–Trinajstić information content (AvgIpc) is 2.41. The van der Waals surface area contributed by atoms with Crippen molar-refractivity contribution < 1.29 is 9.53 Å². The summed E-state index contributed by atoms with van der Waals surface area (Å²) in [7, 11) is 1.67.